The van der Waals surface area contributed by atoms with Crippen LogP contribution in [0.4, 0.5) is 0 Å². The van der Waals surface area contributed by atoms with Gasteiger partial charge in [-0.1, -0.05) is 42.5 Å². The maximum absolute atomic E-state index is 5.57. The minimum absolute atomic E-state index is 0.0517. The van der Waals surface area contributed by atoms with Crippen LogP contribution in [-0.2, 0) is 18.3 Å². The zero-order valence-corrected chi connectivity index (χ0v) is 13.0. The van der Waals surface area contributed by atoms with Gasteiger partial charge in [0.1, 0.15) is 5.82 Å². The molecule has 0 amide bonds. The molecule has 1 N–H and O–H groups in total. The lowest BCUT2D eigenvalue weighted by molar-refractivity contribution is 0.102. The van der Waals surface area contributed by atoms with Crippen molar-refractivity contribution in [2.45, 2.75) is 12.6 Å². The molecular weight excluding hydrogens is 274 g/mol. The van der Waals surface area contributed by atoms with Crippen molar-refractivity contribution in [1.29, 1.82) is 0 Å². The van der Waals surface area contributed by atoms with Gasteiger partial charge in [-0.05, 0) is 17.7 Å². The summed E-state index contributed by atoms with van der Waals surface area (Å²) in [6.45, 7) is 1.47. The highest BCUT2D eigenvalue weighted by molar-refractivity contribution is 5.75. The maximum atomic E-state index is 5.57. The largest absolute Gasteiger partial charge is 0.375 e. The molecule has 4 nitrogen and oxygen atoms in total. The molecule has 0 aliphatic carbocycles. The van der Waals surface area contributed by atoms with E-state index in [1.165, 1.54) is 5.56 Å². The number of rotatable bonds is 6. The normalized spacial score (nSPS) is 12.6. The molecule has 22 heavy (non-hydrogen) atoms. The van der Waals surface area contributed by atoms with Crippen LogP contribution in [0.2, 0.25) is 0 Å². The monoisotopic (exact) mass is 295 g/mol. The molecule has 0 aliphatic heterocycles. The van der Waals surface area contributed by atoms with Crippen molar-refractivity contribution >= 4 is 11.0 Å². The third kappa shape index (κ3) is 3.03. The zero-order chi connectivity index (χ0) is 15.4. The van der Waals surface area contributed by atoms with Gasteiger partial charge in [-0.2, -0.15) is 0 Å². The summed E-state index contributed by atoms with van der Waals surface area (Å²) in [5.41, 5.74) is 3.38. The van der Waals surface area contributed by atoms with E-state index in [9.17, 15) is 0 Å². The summed E-state index contributed by atoms with van der Waals surface area (Å²) in [4.78, 5) is 4.67. The zero-order valence-electron chi connectivity index (χ0n) is 13.0. The van der Waals surface area contributed by atoms with Crippen LogP contribution in [0.3, 0.4) is 0 Å². The average Bonchev–Trinajstić information content (AvgIpc) is 2.89. The van der Waals surface area contributed by atoms with E-state index in [0.29, 0.717) is 0 Å². The van der Waals surface area contributed by atoms with Gasteiger partial charge in [0, 0.05) is 20.7 Å². The predicted molar refractivity (Wildman–Crippen MR) is 88.6 cm³/mol. The highest BCUT2D eigenvalue weighted by Gasteiger charge is 2.11. The van der Waals surface area contributed by atoms with Crippen LogP contribution in [0, 0.1) is 0 Å². The lowest BCUT2D eigenvalue weighted by Gasteiger charge is -2.16. The first-order chi connectivity index (χ1) is 10.8. The number of hydrogen-bond donors (Lipinski definition) is 1. The molecule has 1 atom stereocenters. The molecule has 0 spiro atoms. The van der Waals surface area contributed by atoms with Gasteiger partial charge < -0.3 is 14.6 Å². The van der Waals surface area contributed by atoms with E-state index < -0.39 is 0 Å². The predicted octanol–water partition coefficient (Wildman–Crippen LogP) is 3.05. The topological polar surface area (TPSA) is 39.1 Å². The summed E-state index contributed by atoms with van der Waals surface area (Å²) < 4.78 is 7.71. The third-order valence-electron chi connectivity index (χ3n) is 3.95. The molecule has 1 aromatic heterocycles. The maximum Gasteiger partial charge on any atom is 0.123 e. The Morgan fingerprint density at radius 1 is 1.09 bits per heavy atom. The number of nitrogens with one attached hydrogen (secondary N) is 1. The molecule has 0 radical (unpaired) electrons. The summed E-state index contributed by atoms with van der Waals surface area (Å²) in [5, 5.41) is 3.44. The number of nitrogens with zero attached hydrogens (tertiary/aromatic N) is 2. The second kappa shape index (κ2) is 6.73. The van der Waals surface area contributed by atoms with Crippen molar-refractivity contribution in [3.8, 4) is 0 Å². The van der Waals surface area contributed by atoms with Crippen molar-refractivity contribution < 1.29 is 4.74 Å². The van der Waals surface area contributed by atoms with E-state index in [1.54, 1.807) is 7.11 Å². The fourth-order valence-electron chi connectivity index (χ4n) is 2.67. The number of imidazole rings is 1. The van der Waals surface area contributed by atoms with Gasteiger partial charge in [0.2, 0.25) is 0 Å². The van der Waals surface area contributed by atoms with Crippen molar-refractivity contribution in [2.75, 3.05) is 13.7 Å². The van der Waals surface area contributed by atoms with Crippen LogP contribution >= 0.6 is 0 Å². The molecule has 4 heteroatoms. The van der Waals surface area contributed by atoms with Crippen molar-refractivity contribution in [3.63, 3.8) is 0 Å². The van der Waals surface area contributed by atoms with E-state index in [1.807, 2.05) is 36.4 Å². The van der Waals surface area contributed by atoms with Crippen LogP contribution in [-0.4, -0.2) is 23.2 Å². The van der Waals surface area contributed by atoms with Gasteiger partial charge >= 0.3 is 0 Å². The molecule has 3 aromatic rings. The molecular formula is C18H21N3O. The summed E-state index contributed by atoms with van der Waals surface area (Å²) in [6, 6.07) is 18.5. The van der Waals surface area contributed by atoms with Crippen molar-refractivity contribution in [2.24, 2.45) is 7.05 Å². The summed E-state index contributed by atoms with van der Waals surface area (Å²) >= 11 is 0. The van der Waals surface area contributed by atoms with E-state index in [-0.39, 0.29) is 6.10 Å². The second-order valence-electron chi connectivity index (χ2n) is 5.34. The molecule has 0 unspecified atom stereocenters. The average molecular weight is 295 g/mol. The Morgan fingerprint density at radius 3 is 2.55 bits per heavy atom. The van der Waals surface area contributed by atoms with Gasteiger partial charge in [0.05, 0.1) is 23.7 Å². The van der Waals surface area contributed by atoms with E-state index in [2.05, 4.69) is 40.1 Å². The fraction of sp³-hybridized carbons (Fsp3) is 0.278. The number of fused-ring (bicyclic) bond motifs is 1. The molecule has 0 bridgehead atoms. The number of methoxy groups -OCH3 is 1. The van der Waals surface area contributed by atoms with E-state index in [4.69, 9.17) is 4.74 Å². The number of hydrogen-bond acceptors (Lipinski definition) is 3. The first-order valence-corrected chi connectivity index (χ1v) is 7.48. The molecule has 0 fully saturated rings. The van der Waals surface area contributed by atoms with Crippen LogP contribution in [0.25, 0.3) is 11.0 Å². The molecule has 2 aromatic carbocycles. The van der Waals surface area contributed by atoms with Gasteiger partial charge in [-0.3, -0.25) is 0 Å². The number of benzene rings is 2. The minimum Gasteiger partial charge on any atom is -0.375 e. The molecule has 3 rings (SSSR count). The Bertz CT molecular complexity index is 736. The minimum atomic E-state index is 0.0517. The number of aromatic nitrogens is 2. The number of ether oxygens (including phenoxy) is 1. The highest BCUT2D eigenvalue weighted by atomic mass is 16.5. The lowest BCUT2D eigenvalue weighted by atomic mass is 10.1. The first kappa shape index (κ1) is 14.8. The van der Waals surface area contributed by atoms with Crippen molar-refractivity contribution in [3.05, 3.63) is 66.0 Å². The number of para-hydroxylation sites is 2. The fourth-order valence-corrected chi connectivity index (χ4v) is 2.67. The van der Waals surface area contributed by atoms with E-state index in [0.717, 1.165) is 29.9 Å². The summed E-state index contributed by atoms with van der Waals surface area (Å²) in [5.74, 6) is 1.03. The molecule has 0 saturated heterocycles. The Labute approximate surface area is 130 Å². The van der Waals surface area contributed by atoms with Crippen LogP contribution < -0.4 is 5.32 Å². The van der Waals surface area contributed by atoms with Gasteiger partial charge in [-0.15, -0.1) is 0 Å². The molecule has 1 heterocycles. The summed E-state index contributed by atoms with van der Waals surface area (Å²) in [7, 11) is 3.80. The second-order valence-corrected chi connectivity index (χ2v) is 5.34. The Balaban J connectivity index is 1.65. The third-order valence-corrected chi connectivity index (χ3v) is 3.95. The highest BCUT2D eigenvalue weighted by Crippen LogP contribution is 2.16. The van der Waals surface area contributed by atoms with Crippen LogP contribution in [0.1, 0.15) is 17.5 Å². The Morgan fingerprint density at radius 2 is 1.82 bits per heavy atom. The van der Waals surface area contributed by atoms with Crippen LogP contribution in [0.15, 0.2) is 54.6 Å². The van der Waals surface area contributed by atoms with Gasteiger partial charge in [-0.25, -0.2) is 4.98 Å². The van der Waals surface area contributed by atoms with Crippen LogP contribution in [0.5, 0.6) is 0 Å². The SMILES string of the molecule is CO[C@@H](CNCc1nc2ccccc2n1C)c1ccccc1. The first-order valence-electron chi connectivity index (χ1n) is 7.48. The molecule has 0 saturated carbocycles. The Kier molecular flexibility index (Phi) is 4.51. The molecule has 0 aliphatic rings. The summed E-state index contributed by atoms with van der Waals surface area (Å²) in [6.07, 6.45) is 0.0517. The quantitative estimate of drug-likeness (QED) is 0.759. The van der Waals surface area contributed by atoms with Gasteiger partial charge in [0.25, 0.3) is 0 Å². The Hall–Kier alpha value is -2.17. The lowest BCUT2D eigenvalue weighted by Crippen LogP contribution is -2.23. The number of aryl methyl sites for hydroxylation is 1. The van der Waals surface area contributed by atoms with E-state index >= 15 is 0 Å². The molecule has 114 valence electrons. The smallest absolute Gasteiger partial charge is 0.123 e. The van der Waals surface area contributed by atoms with Crippen molar-refractivity contribution in [1.82, 2.24) is 14.9 Å². The van der Waals surface area contributed by atoms with Gasteiger partial charge in [0.15, 0.2) is 0 Å². The standard InChI is InChI=1S/C18H21N3O/c1-21-16-11-7-6-10-15(16)20-18(21)13-19-12-17(22-2)14-8-4-3-5-9-14/h3-11,17,19H,12-13H2,1-2H3/t17-/m0/s1.